The summed E-state index contributed by atoms with van der Waals surface area (Å²) in [5.41, 5.74) is 0.919. The van der Waals surface area contributed by atoms with Crippen molar-refractivity contribution in [2.45, 2.75) is 52.9 Å². The fourth-order valence-electron chi connectivity index (χ4n) is 3.54. The van der Waals surface area contributed by atoms with E-state index in [1.807, 2.05) is 0 Å². The molecule has 1 aliphatic carbocycles. The van der Waals surface area contributed by atoms with Crippen LogP contribution in [0.25, 0.3) is 0 Å². The Labute approximate surface area is 135 Å². The first-order valence-electron chi connectivity index (χ1n) is 7.76. The van der Waals surface area contributed by atoms with Gasteiger partial charge >= 0.3 is 0 Å². The number of rotatable bonds is 3. The van der Waals surface area contributed by atoms with Crippen LogP contribution in [0.5, 0.6) is 0 Å². The average Bonchev–Trinajstić information content (AvgIpc) is 2.43. The van der Waals surface area contributed by atoms with E-state index >= 15 is 0 Å². The average molecular weight is 359 g/mol. The third-order valence-electron chi connectivity index (χ3n) is 5.15. The van der Waals surface area contributed by atoms with Crippen molar-refractivity contribution in [2.24, 2.45) is 16.7 Å². The maximum atomic E-state index is 13.9. The third kappa shape index (κ3) is 3.85. The van der Waals surface area contributed by atoms with Crippen molar-refractivity contribution in [3.8, 4) is 0 Å². The summed E-state index contributed by atoms with van der Waals surface area (Å²) in [5.74, 6) is -0.682. The molecule has 0 amide bonds. The van der Waals surface area contributed by atoms with Gasteiger partial charge in [-0.15, -0.1) is 0 Å². The first-order valence-corrected chi connectivity index (χ1v) is 8.88. The molecule has 0 atom stereocenters. The number of hydrogen-bond acceptors (Lipinski definition) is 0. The van der Waals surface area contributed by atoms with E-state index in [1.54, 1.807) is 12.1 Å². The fraction of sp³-hybridized carbons (Fsp3) is 0.667. The second-order valence-electron chi connectivity index (χ2n) is 7.66. The van der Waals surface area contributed by atoms with Crippen LogP contribution in [0.1, 0.15) is 52.0 Å². The SMILES string of the molecule is CC(C)(C)C1CCC(CBr)(Cc2cccc(F)c2F)CC1. The largest absolute Gasteiger partial charge is 0.204 e. The first kappa shape index (κ1) is 16.9. The number of hydrogen-bond donors (Lipinski definition) is 0. The quantitative estimate of drug-likeness (QED) is 0.570. The molecule has 1 aromatic carbocycles. The Morgan fingerprint density at radius 2 is 1.81 bits per heavy atom. The summed E-state index contributed by atoms with van der Waals surface area (Å²) in [5, 5.41) is 0.854. The van der Waals surface area contributed by atoms with Crippen LogP contribution in [0.15, 0.2) is 18.2 Å². The molecule has 0 aliphatic heterocycles. The Hall–Kier alpha value is -0.440. The Balaban J connectivity index is 2.12. The van der Waals surface area contributed by atoms with Gasteiger partial charge in [-0.1, -0.05) is 48.8 Å². The molecule has 1 saturated carbocycles. The van der Waals surface area contributed by atoms with Crippen LogP contribution in [0, 0.1) is 28.4 Å². The lowest BCUT2D eigenvalue weighted by Gasteiger charge is -2.43. The minimum absolute atomic E-state index is 0.0659. The van der Waals surface area contributed by atoms with Gasteiger partial charge in [0, 0.05) is 5.33 Å². The standard InChI is InChI=1S/C18H25BrF2/c1-17(2,3)14-7-9-18(12-19,10-8-14)11-13-5-4-6-15(20)16(13)21/h4-6,14H,7-12H2,1-3H3. The van der Waals surface area contributed by atoms with Crippen LogP contribution < -0.4 is 0 Å². The fourth-order valence-corrected chi connectivity index (χ4v) is 4.30. The van der Waals surface area contributed by atoms with Gasteiger partial charge in [-0.2, -0.15) is 0 Å². The van der Waals surface area contributed by atoms with E-state index in [0.29, 0.717) is 17.4 Å². The van der Waals surface area contributed by atoms with Gasteiger partial charge in [0.15, 0.2) is 11.6 Å². The molecule has 1 aromatic rings. The predicted molar refractivity (Wildman–Crippen MR) is 87.7 cm³/mol. The molecule has 0 nitrogen and oxygen atoms in total. The van der Waals surface area contributed by atoms with Crippen LogP contribution in [0.4, 0.5) is 8.78 Å². The van der Waals surface area contributed by atoms with Gasteiger partial charge in [0.1, 0.15) is 0 Å². The van der Waals surface area contributed by atoms with E-state index in [4.69, 9.17) is 0 Å². The summed E-state index contributed by atoms with van der Waals surface area (Å²) < 4.78 is 27.3. The smallest absolute Gasteiger partial charge is 0.162 e. The molecule has 0 saturated heterocycles. The topological polar surface area (TPSA) is 0 Å². The minimum atomic E-state index is -0.736. The zero-order valence-electron chi connectivity index (χ0n) is 13.2. The van der Waals surface area contributed by atoms with Crippen LogP contribution in [-0.4, -0.2) is 5.33 Å². The number of halogens is 3. The molecule has 0 N–H and O–H groups in total. The van der Waals surface area contributed by atoms with Crippen LogP contribution in [0.2, 0.25) is 0 Å². The molecule has 21 heavy (non-hydrogen) atoms. The summed E-state index contributed by atoms with van der Waals surface area (Å²) in [6, 6.07) is 4.52. The molecule has 0 radical (unpaired) electrons. The third-order valence-corrected chi connectivity index (χ3v) is 6.34. The molecule has 3 heteroatoms. The van der Waals surface area contributed by atoms with Crippen LogP contribution in [-0.2, 0) is 6.42 Å². The van der Waals surface area contributed by atoms with Gasteiger partial charge < -0.3 is 0 Å². The van der Waals surface area contributed by atoms with Gasteiger partial charge in [0.25, 0.3) is 0 Å². The summed E-state index contributed by atoms with van der Waals surface area (Å²) in [4.78, 5) is 0. The zero-order chi connectivity index (χ0) is 15.7. The molecular weight excluding hydrogens is 334 g/mol. The summed E-state index contributed by atoms with van der Waals surface area (Å²) >= 11 is 3.62. The Bertz CT molecular complexity index is 482. The maximum Gasteiger partial charge on any atom is 0.162 e. The molecule has 1 aliphatic rings. The van der Waals surface area contributed by atoms with E-state index in [-0.39, 0.29) is 5.41 Å². The van der Waals surface area contributed by atoms with Crippen molar-refractivity contribution < 1.29 is 8.78 Å². The second kappa shape index (κ2) is 6.36. The Kier molecular flexibility index (Phi) is 5.12. The number of benzene rings is 1. The van der Waals surface area contributed by atoms with E-state index in [1.165, 1.54) is 18.9 Å². The van der Waals surface area contributed by atoms with Crippen molar-refractivity contribution in [1.82, 2.24) is 0 Å². The highest BCUT2D eigenvalue weighted by atomic mass is 79.9. The maximum absolute atomic E-state index is 13.9. The summed E-state index contributed by atoms with van der Waals surface area (Å²) in [6.45, 7) is 6.89. The molecule has 0 unspecified atom stereocenters. The summed E-state index contributed by atoms with van der Waals surface area (Å²) in [6.07, 6.45) is 5.13. The molecule has 0 bridgehead atoms. The Morgan fingerprint density at radius 3 is 2.33 bits per heavy atom. The zero-order valence-corrected chi connectivity index (χ0v) is 14.8. The Morgan fingerprint density at radius 1 is 1.19 bits per heavy atom. The molecular formula is C18H25BrF2. The van der Waals surface area contributed by atoms with Crippen LogP contribution in [0.3, 0.4) is 0 Å². The lowest BCUT2D eigenvalue weighted by Crippen LogP contribution is -2.35. The van der Waals surface area contributed by atoms with Crippen molar-refractivity contribution in [3.05, 3.63) is 35.4 Å². The van der Waals surface area contributed by atoms with Gasteiger partial charge in [0.2, 0.25) is 0 Å². The van der Waals surface area contributed by atoms with Gasteiger partial charge in [-0.3, -0.25) is 0 Å². The highest BCUT2D eigenvalue weighted by Gasteiger charge is 2.38. The molecule has 1 fully saturated rings. The molecule has 0 heterocycles. The van der Waals surface area contributed by atoms with E-state index in [0.717, 1.165) is 24.1 Å². The van der Waals surface area contributed by atoms with E-state index in [2.05, 4.69) is 36.7 Å². The van der Waals surface area contributed by atoms with Gasteiger partial charge in [0.05, 0.1) is 0 Å². The minimum Gasteiger partial charge on any atom is -0.204 e. The van der Waals surface area contributed by atoms with Gasteiger partial charge in [-0.05, 0) is 60.5 Å². The van der Waals surface area contributed by atoms with Crippen molar-refractivity contribution in [3.63, 3.8) is 0 Å². The van der Waals surface area contributed by atoms with E-state index in [9.17, 15) is 8.78 Å². The van der Waals surface area contributed by atoms with Crippen molar-refractivity contribution in [1.29, 1.82) is 0 Å². The molecule has 0 spiro atoms. The second-order valence-corrected chi connectivity index (χ2v) is 8.22. The van der Waals surface area contributed by atoms with E-state index < -0.39 is 11.6 Å². The molecule has 0 aromatic heterocycles. The highest BCUT2D eigenvalue weighted by molar-refractivity contribution is 9.09. The molecule has 118 valence electrons. The first-order chi connectivity index (χ1) is 9.77. The van der Waals surface area contributed by atoms with Crippen LogP contribution >= 0.6 is 15.9 Å². The summed E-state index contributed by atoms with van der Waals surface area (Å²) in [7, 11) is 0. The lowest BCUT2D eigenvalue weighted by atomic mass is 9.63. The lowest BCUT2D eigenvalue weighted by molar-refractivity contribution is 0.103. The normalized spacial score (nSPS) is 26.9. The molecule has 2 rings (SSSR count). The monoisotopic (exact) mass is 358 g/mol. The van der Waals surface area contributed by atoms with Gasteiger partial charge in [-0.25, -0.2) is 8.78 Å². The number of alkyl halides is 1. The van der Waals surface area contributed by atoms with Crippen molar-refractivity contribution >= 4 is 15.9 Å². The van der Waals surface area contributed by atoms with Crippen molar-refractivity contribution in [2.75, 3.05) is 5.33 Å². The predicted octanol–water partition coefficient (Wildman–Crippen LogP) is 6.12. The highest BCUT2D eigenvalue weighted by Crippen LogP contribution is 2.47.